The summed E-state index contributed by atoms with van der Waals surface area (Å²) < 4.78 is 0. The van der Waals surface area contributed by atoms with Crippen molar-refractivity contribution in [2.75, 3.05) is 0 Å². The van der Waals surface area contributed by atoms with Crippen molar-refractivity contribution < 1.29 is 0 Å². The molecule has 0 unspecified atom stereocenters. The molecule has 0 atom stereocenters. The Kier molecular flexibility index (Phi) is 7.91. The van der Waals surface area contributed by atoms with Gasteiger partial charge in [-0.25, -0.2) is 0 Å². The molecule has 0 spiro atoms. The lowest BCUT2D eigenvalue weighted by Gasteiger charge is -2.06. The van der Waals surface area contributed by atoms with E-state index in [0.29, 0.717) is 0 Å². The van der Waals surface area contributed by atoms with Crippen LogP contribution in [0.5, 0.6) is 0 Å². The summed E-state index contributed by atoms with van der Waals surface area (Å²) in [5.41, 5.74) is 8.36. The average Bonchev–Trinajstić information content (AvgIpc) is 2.40. The Morgan fingerprint density at radius 2 is 0.889 bits per heavy atom. The van der Waals surface area contributed by atoms with Crippen LogP contribution in [0.15, 0.2) is 53.0 Å². The van der Waals surface area contributed by atoms with E-state index in [1.807, 2.05) is 18.2 Å². The summed E-state index contributed by atoms with van der Waals surface area (Å²) in [5.74, 6) is 0. The second-order valence-electron chi connectivity index (χ2n) is 3.86. The molecule has 0 radical (unpaired) electrons. The molecule has 0 aromatic heterocycles. The van der Waals surface area contributed by atoms with Gasteiger partial charge < -0.3 is 0 Å². The first-order chi connectivity index (χ1) is 8.80. The van der Waals surface area contributed by atoms with Gasteiger partial charge >= 0.3 is 0 Å². The zero-order valence-corrected chi connectivity index (χ0v) is 12.2. The third-order valence-electron chi connectivity index (χ3n) is 2.44. The molecule has 18 heavy (non-hydrogen) atoms. The van der Waals surface area contributed by atoms with Crippen molar-refractivity contribution in [3.05, 3.63) is 69.7 Å². The lowest BCUT2D eigenvalue weighted by molar-refractivity contribution is 1.15. The van der Waals surface area contributed by atoms with Crippen molar-refractivity contribution in [3.63, 3.8) is 0 Å². The standard InChI is InChI=1S/C15H15Cl3/c16-7-1-4-13-10-14(5-2-8-17)12-15(11-13)6-3-9-18/h1-3,7-12H,4-6H2. The van der Waals surface area contributed by atoms with Gasteiger partial charge in [-0.2, -0.15) is 0 Å². The van der Waals surface area contributed by atoms with Crippen molar-refractivity contribution in [3.8, 4) is 0 Å². The number of benzene rings is 1. The molecule has 0 nitrogen and oxygen atoms in total. The van der Waals surface area contributed by atoms with Crippen LogP contribution in [0.4, 0.5) is 0 Å². The maximum absolute atomic E-state index is 5.56. The molecule has 3 heteroatoms. The van der Waals surface area contributed by atoms with Gasteiger partial charge in [-0.15, -0.1) is 0 Å². The second kappa shape index (κ2) is 9.27. The molecule has 0 aliphatic carbocycles. The van der Waals surface area contributed by atoms with Gasteiger partial charge in [0.15, 0.2) is 0 Å². The summed E-state index contributed by atoms with van der Waals surface area (Å²) in [4.78, 5) is 0. The fourth-order valence-corrected chi connectivity index (χ4v) is 2.00. The summed E-state index contributed by atoms with van der Waals surface area (Å²) in [5, 5.41) is 0. The van der Waals surface area contributed by atoms with Gasteiger partial charge in [0.1, 0.15) is 0 Å². The average molecular weight is 302 g/mol. The van der Waals surface area contributed by atoms with Crippen LogP contribution in [0.1, 0.15) is 16.7 Å². The van der Waals surface area contributed by atoms with E-state index in [1.165, 1.54) is 16.7 Å². The number of allylic oxidation sites excluding steroid dienone is 3. The lowest BCUT2D eigenvalue weighted by atomic mass is 10.00. The van der Waals surface area contributed by atoms with Crippen LogP contribution in [0.2, 0.25) is 0 Å². The van der Waals surface area contributed by atoms with Crippen LogP contribution in [-0.4, -0.2) is 0 Å². The van der Waals surface area contributed by atoms with Gasteiger partial charge in [0.2, 0.25) is 0 Å². The number of hydrogen-bond donors (Lipinski definition) is 0. The van der Waals surface area contributed by atoms with E-state index in [9.17, 15) is 0 Å². The minimum absolute atomic E-state index is 0.833. The predicted molar refractivity (Wildman–Crippen MR) is 82.5 cm³/mol. The van der Waals surface area contributed by atoms with Crippen LogP contribution >= 0.6 is 34.8 Å². The molecule has 0 saturated carbocycles. The van der Waals surface area contributed by atoms with Crippen molar-refractivity contribution in [1.82, 2.24) is 0 Å². The van der Waals surface area contributed by atoms with Crippen molar-refractivity contribution >= 4 is 34.8 Å². The van der Waals surface area contributed by atoms with Crippen LogP contribution in [-0.2, 0) is 19.3 Å². The molecule has 0 saturated heterocycles. The fraction of sp³-hybridized carbons (Fsp3) is 0.200. The largest absolute Gasteiger partial charge is 0.0933 e. The maximum Gasteiger partial charge on any atom is 0.000580 e. The van der Waals surface area contributed by atoms with Crippen LogP contribution in [0.25, 0.3) is 0 Å². The SMILES string of the molecule is ClC=CCc1cc(CC=CCl)cc(CC=CCl)c1. The molecule has 0 amide bonds. The fourth-order valence-electron chi connectivity index (χ4n) is 1.73. The molecule has 96 valence electrons. The topological polar surface area (TPSA) is 0 Å². The van der Waals surface area contributed by atoms with Gasteiger partial charge in [-0.05, 0) is 36.0 Å². The lowest BCUT2D eigenvalue weighted by Crippen LogP contribution is -1.92. The van der Waals surface area contributed by atoms with E-state index in [4.69, 9.17) is 34.8 Å². The Balaban J connectivity index is 2.94. The van der Waals surface area contributed by atoms with Crippen molar-refractivity contribution in [2.45, 2.75) is 19.3 Å². The third-order valence-corrected chi connectivity index (χ3v) is 2.97. The van der Waals surface area contributed by atoms with Crippen LogP contribution in [0.3, 0.4) is 0 Å². The Labute approximate surface area is 124 Å². The van der Waals surface area contributed by atoms with Gasteiger partial charge in [0.05, 0.1) is 0 Å². The number of halogens is 3. The summed E-state index contributed by atoms with van der Waals surface area (Å²) >= 11 is 16.7. The normalized spacial score (nSPS) is 12.2. The summed E-state index contributed by atoms with van der Waals surface area (Å²) in [7, 11) is 0. The monoisotopic (exact) mass is 300 g/mol. The highest BCUT2D eigenvalue weighted by Gasteiger charge is 1.99. The zero-order valence-electron chi connectivity index (χ0n) is 9.95. The van der Waals surface area contributed by atoms with E-state index in [1.54, 1.807) is 16.6 Å². The maximum atomic E-state index is 5.56. The molecule has 1 rings (SSSR count). The molecule has 0 heterocycles. The number of hydrogen-bond acceptors (Lipinski definition) is 0. The highest BCUT2D eigenvalue weighted by molar-refractivity contribution is 6.25. The minimum Gasteiger partial charge on any atom is -0.0933 e. The molecule has 0 fully saturated rings. The highest BCUT2D eigenvalue weighted by Crippen LogP contribution is 2.14. The van der Waals surface area contributed by atoms with Gasteiger partial charge in [0.25, 0.3) is 0 Å². The minimum atomic E-state index is 0.833. The van der Waals surface area contributed by atoms with Crippen molar-refractivity contribution in [2.24, 2.45) is 0 Å². The third kappa shape index (κ3) is 5.77. The first-order valence-electron chi connectivity index (χ1n) is 5.67. The van der Waals surface area contributed by atoms with Gasteiger partial charge in [-0.3, -0.25) is 0 Å². The van der Waals surface area contributed by atoms with E-state index in [-0.39, 0.29) is 0 Å². The Hall–Kier alpha value is -0.690. The highest BCUT2D eigenvalue weighted by atomic mass is 35.5. The molecular weight excluding hydrogens is 287 g/mol. The zero-order chi connectivity index (χ0) is 13.2. The molecular formula is C15H15Cl3. The molecule has 0 N–H and O–H groups in total. The van der Waals surface area contributed by atoms with Gasteiger partial charge in [0, 0.05) is 16.6 Å². The van der Waals surface area contributed by atoms with E-state index >= 15 is 0 Å². The molecule has 0 aliphatic heterocycles. The van der Waals surface area contributed by atoms with Crippen molar-refractivity contribution in [1.29, 1.82) is 0 Å². The van der Waals surface area contributed by atoms with Crippen LogP contribution < -0.4 is 0 Å². The molecule has 1 aromatic carbocycles. The predicted octanol–water partition coefficient (Wildman–Crippen LogP) is 5.57. The van der Waals surface area contributed by atoms with Gasteiger partial charge in [-0.1, -0.05) is 71.2 Å². The van der Waals surface area contributed by atoms with E-state index < -0.39 is 0 Å². The summed E-state index contributed by atoms with van der Waals surface area (Å²) in [6.07, 6.45) is 8.29. The molecule has 1 aromatic rings. The summed E-state index contributed by atoms with van der Waals surface area (Å²) in [6, 6.07) is 6.51. The number of rotatable bonds is 6. The van der Waals surface area contributed by atoms with Crippen LogP contribution in [0, 0.1) is 0 Å². The smallest absolute Gasteiger partial charge is 0.000580 e. The Morgan fingerprint density at radius 3 is 1.11 bits per heavy atom. The van der Waals surface area contributed by atoms with E-state index in [2.05, 4.69) is 18.2 Å². The molecule has 0 bridgehead atoms. The Morgan fingerprint density at radius 1 is 0.611 bits per heavy atom. The van der Waals surface area contributed by atoms with E-state index in [0.717, 1.165) is 19.3 Å². The summed E-state index contributed by atoms with van der Waals surface area (Å²) in [6.45, 7) is 0. The first-order valence-corrected chi connectivity index (χ1v) is 6.98. The molecule has 0 aliphatic rings. The first kappa shape index (κ1) is 15.4. The quantitative estimate of drug-likeness (QED) is 0.644. The second-order valence-corrected chi connectivity index (χ2v) is 4.61. The Bertz CT molecular complexity index is 366.